The fraction of sp³-hybridized carbons (Fsp3) is 0.727. The fourth-order valence-corrected chi connectivity index (χ4v) is 1.72. The Morgan fingerprint density at radius 1 is 1.53 bits per heavy atom. The van der Waals surface area contributed by atoms with Crippen molar-refractivity contribution in [2.45, 2.75) is 32.9 Å². The summed E-state index contributed by atoms with van der Waals surface area (Å²) in [5.41, 5.74) is 3.68. The molecule has 6 heteroatoms. The molecule has 17 heavy (non-hydrogen) atoms. The van der Waals surface area contributed by atoms with Gasteiger partial charge in [0.25, 0.3) is 0 Å². The van der Waals surface area contributed by atoms with E-state index < -0.39 is 0 Å². The second-order valence-electron chi connectivity index (χ2n) is 3.70. The van der Waals surface area contributed by atoms with Crippen LogP contribution < -0.4 is 16.0 Å². The SMILES string of the molecule is CCCn1ncc(OC)c1C(COCC)NN. The minimum absolute atomic E-state index is 0.112. The lowest BCUT2D eigenvalue weighted by molar-refractivity contribution is 0.119. The van der Waals surface area contributed by atoms with Crippen LogP contribution in [0.1, 0.15) is 32.0 Å². The van der Waals surface area contributed by atoms with E-state index in [1.54, 1.807) is 13.3 Å². The van der Waals surface area contributed by atoms with Gasteiger partial charge in [-0.15, -0.1) is 0 Å². The minimum atomic E-state index is -0.112. The standard InChI is InChI=1S/C11H22N4O2/c1-4-6-15-11(10(16-3)7-13-15)9(14-12)8-17-5-2/h7,9,14H,4-6,8,12H2,1-3H3. The number of ether oxygens (including phenoxy) is 2. The topological polar surface area (TPSA) is 74.3 Å². The van der Waals surface area contributed by atoms with Crippen molar-refractivity contribution in [1.82, 2.24) is 15.2 Å². The van der Waals surface area contributed by atoms with Crippen molar-refractivity contribution < 1.29 is 9.47 Å². The van der Waals surface area contributed by atoms with E-state index in [9.17, 15) is 0 Å². The van der Waals surface area contributed by atoms with Crippen molar-refractivity contribution >= 4 is 0 Å². The molecule has 0 saturated carbocycles. The molecule has 0 spiro atoms. The average molecular weight is 242 g/mol. The Morgan fingerprint density at radius 2 is 2.29 bits per heavy atom. The molecule has 1 rings (SSSR count). The summed E-state index contributed by atoms with van der Waals surface area (Å²) in [4.78, 5) is 0. The van der Waals surface area contributed by atoms with Gasteiger partial charge in [0.15, 0.2) is 5.75 Å². The van der Waals surface area contributed by atoms with E-state index in [1.165, 1.54) is 0 Å². The van der Waals surface area contributed by atoms with Crippen LogP contribution in [0.3, 0.4) is 0 Å². The molecule has 0 aliphatic rings. The zero-order valence-corrected chi connectivity index (χ0v) is 10.8. The highest BCUT2D eigenvalue weighted by Crippen LogP contribution is 2.25. The first-order valence-corrected chi connectivity index (χ1v) is 5.91. The van der Waals surface area contributed by atoms with Crippen molar-refractivity contribution in [3.63, 3.8) is 0 Å². The van der Waals surface area contributed by atoms with E-state index in [1.807, 2.05) is 11.6 Å². The monoisotopic (exact) mass is 242 g/mol. The predicted octanol–water partition coefficient (Wildman–Crippen LogP) is 0.843. The highest BCUT2D eigenvalue weighted by atomic mass is 16.5. The molecule has 1 heterocycles. The normalized spacial score (nSPS) is 12.7. The van der Waals surface area contributed by atoms with Gasteiger partial charge in [0.1, 0.15) is 5.69 Å². The van der Waals surface area contributed by atoms with Crippen LogP contribution in [0.2, 0.25) is 0 Å². The third kappa shape index (κ3) is 3.42. The second kappa shape index (κ2) is 7.26. The smallest absolute Gasteiger partial charge is 0.161 e. The number of hydrogen-bond acceptors (Lipinski definition) is 5. The lowest BCUT2D eigenvalue weighted by Crippen LogP contribution is -2.33. The van der Waals surface area contributed by atoms with Gasteiger partial charge < -0.3 is 9.47 Å². The van der Waals surface area contributed by atoms with Crippen LogP contribution in [0.25, 0.3) is 0 Å². The summed E-state index contributed by atoms with van der Waals surface area (Å²) in [5.74, 6) is 6.30. The summed E-state index contributed by atoms with van der Waals surface area (Å²) in [6, 6.07) is -0.112. The van der Waals surface area contributed by atoms with Gasteiger partial charge in [-0.1, -0.05) is 6.92 Å². The Kier molecular flexibility index (Phi) is 5.96. The summed E-state index contributed by atoms with van der Waals surface area (Å²) >= 11 is 0. The number of methoxy groups -OCH3 is 1. The molecule has 6 nitrogen and oxygen atoms in total. The molecule has 0 saturated heterocycles. The number of nitrogens with one attached hydrogen (secondary N) is 1. The molecular formula is C11H22N4O2. The molecule has 98 valence electrons. The van der Waals surface area contributed by atoms with Gasteiger partial charge in [-0.2, -0.15) is 5.10 Å². The summed E-state index contributed by atoms with van der Waals surface area (Å²) < 4.78 is 12.6. The molecule has 1 unspecified atom stereocenters. The fourth-order valence-electron chi connectivity index (χ4n) is 1.72. The maximum atomic E-state index is 5.57. The van der Waals surface area contributed by atoms with Crippen LogP contribution in [-0.4, -0.2) is 30.1 Å². The van der Waals surface area contributed by atoms with Crippen molar-refractivity contribution in [3.8, 4) is 5.75 Å². The first kappa shape index (κ1) is 14.0. The van der Waals surface area contributed by atoms with Crippen molar-refractivity contribution in [2.75, 3.05) is 20.3 Å². The van der Waals surface area contributed by atoms with Gasteiger partial charge in [0.05, 0.1) is 26.0 Å². The lowest BCUT2D eigenvalue weighted by atomic mass is 10.2. The van der Waals surface area contributed by atoms with Gasteiger partial charge in [0, 0.05) is 13.2 Å². The van der Waals surface area contributed by atoms with Gasteiger partial charge in [-0.3, -0.25) is 10.5 Å². The molecular weight excluding hydrogens is 220 g/mol. The molecule has 0 aromatic carbocycles. The molecule has 0 radical (unpaired) electrons. The molecule has 0 fully saturated rings. The largest absolute Gasteiger partial charge is 0.493 e. The average Bonchev–Trinajstić information content (AvgIpc) is 2.74. The number of nitrogens with two attached hydrogens (primary N) is 1. The summed E-state index contributed by atoms with van der Waals surface area (Å²) in [6.07, 6.45) is 2.71. The number of aryl methyl sites for hydroxylation is 1. The summed E-state index contributed by atoms with van der Waals surface area (Å²) in [5, 5.41) is 4.29. The lowest BCUT2D eigenvalue weighted by Gasteiger charge is -2.18. The second-order valence-corrected chi connectivity index (χ2v) is 3.70. The number of rotatable bonds is 8. The van der Waals surface area contributed by atoms with E-state index in [4.69, 9.17) is 15.3 Å². The third-order valence-corrected chi connectivity index (χ3v) is 2.52. The van der Waals surface area contributed by atoms with E-state index in [2.05, 4.69) is 17.4 Å². The molecule has 0 aliphatic heterocycles. The first-order valence-electron chi connectivity index (χ1n) is 5.91. The van der Waals surface area contributed by atoms with E-state index in [-0.39, 0.29) is 6.04 Å². The Labute approximate surface area is 102 Å². The molecule has 1 atom stereocenters. The van der Waals surface area contributed by atoms with Gasteiger partial charge >= 0.3 is 0 Å². The highest BCUT2D eigenvalue weighted by molar-refractivity contribution is 5.28. The minimum Gasteiger partial charge on any atom is -0.493 e. The van der Waals surface area contributed by atoms with Crippen LogP contribution in [0.4, 0.5) is 0 Å². The van der Waals surface area contributed by atoms with E-state index >= 15 is 0 Å². The van der Waals surface area contributed by atoms with Gasteiger partial charge in [0.2, 0.25) is 0 Å². The zero-order chi connectivity index (χ0) is 12.7. The Morgan fingerprint density at radius 3 is 2.82 bits per heavy atom. The maximum Gasteiger partial charge on any atom is 0.161 e. The van der Waals surface area contributed by atoms with Crippen LogP contribution >= 0.6 is 0 Å². The highest BCUT2D eigenvalue weighted by Gasteiger charge is 2.20. The van der Waals surface area contributed by atoms with Crippen molar-refractivity contribution in [2.24, 2.45) is 5.84 Å². The van der Waals surface area contributed by atoms with Gasteiger partial charge in [-0.05, 0) is 13.3 Å². The van der Waals surface area contributed by atoms with Crippen LogP contribution in [0.5, 0.6) is 5.75 Å². The van der Waals surface area contributed by atoms with Crippen LogP contribution in [0.15, 0.2) is 6.20 Å². The van der Waals surface area contributed by atoms with Crippen LogP contribution in [0, 0.1) is 0 Å². The zero-order valence-electron chi connectivity index (χ0n) is 10.8. The molecule has 1 aromatic heterocycles. The molecule has 0 aliphatic carbocycles. The van der Waals surface area contributed by atoms with Crippen molar-refractivity contribution in [3.05, 3.63) is 11.9 Å². The number of hydrogen-bond donors (Lipinski definition) is 2. The Bertz CT molecular complexity index is 327. The Hall–Kier alpha value is -1.11. The molecule has 0 bridgehead atoms. The number of aromatic nitrogens is 2. The van der Waals surface area contributed by atoms with E-state index in [0.717, 1.165) is 24.4 Å². The molecule has 3 N–H and O–H groups in total. The summed E-state index contributed by atoms with van der Waals surface area (Å²) in [6.45, 7) is 6.05. The quantitative estimate of drug-likeness (QED) is 0.522. The molecule has 1 aromatic rings. The number of nitrogens with zero attached hydrogens (tertiary/aromatic N) is 2. The summed E-state index contributed by atoms with van der Waals surface area (Å²) in [7, 11) is 1.63. The Balaban J connectivity index is 2.92. The van der Waals surface area contributed by atoms with E-state index in [0.29, 0.717) is 13.2 Å². The maximum absolute atomic E-state index is 5.57. The first-order chi connectivity index (χ1) is 8.28. The van der Waals surface area contributed by atoms with Crippen molar-refractivity contribution in [1.29, 1.82) is 0 Å². The van der Waals surface area contributed by atoms with Gasteiger partial charge in [-0.25, -0.2) is 5.43 Å². The predicted molar refractivity (Wildman–Crippen MR) is 65.6 cm³/mol. The third-order valence-electron chi connectivity index (χ3n) is 2.52. The number of hydrazine groups is 1. The van der Waals surface area contributed by atoms with Crippen LogP contribution in [-0.2, 0) is 11.3 Å². The molecule has 0 amide bonds.